The molecular weight excluding hydrogens is 404 g/mol. The van der Waals surface area contributed by atoms with Crippen molar-refractivity contribution in [2.75, 3.05) is 13.1 Å². The Morgan fingerprint density at radius 1 is 1.12 bits per heavy atom. The molecule has 1 N–H and O–H groups in total. The van der Waals surface area contributed by atoms with Gasteiger partial charge in [-0.05, 0) is 51.3 Å². The third kappa shape index (κ3) is 5.97. The second kappa shape index (κ2) is 10.3. The lowest BCUT2D eigenvalue weighted by molar-refractivity contribution is -0.120. The average Bonchev–Trinajstić information content (AvgIpc) is 2.98. The normalized spacial score (nSPS) is 18.8. The molecular formula is C25H36N4O3. The van der Waals surface area contributed by atoms with Gasteiger partial charge < -0.3 is 15.0 Å². The Bertz CT molecular complexity index is 939. The van der Waals surface area contributed by atoms with Gasteiger partial charge in [0.2, 0.25) is 5.91 Å². The summed E-state index contributed by atoms with van der Waals surface area (Å²) in [5.41, 5.74) is 4.58. The summed E-state index contributed by atoms with van der Waals surface area (Å²) in [5.74, 6) is 0.489. The maximum absolute atomic E-state index is 12.8. The summed E-state index contributed by atoms with van der Waals surface area (Å²) in [6.07, 6.45) is 0.406. The number of aryl methyl sites for hydroxylation is 1. The van der Waals surface area contributed by atoms with Crippen LogP contribution < -0.4 is 5.32 Å². The number of amides is 2. The minimum Gasteiger partial charge on any atom is -0.372 e. The highest BCUT2D eigenvalue weighted by molar-refractivity contribution is 5.94. The molecule has 2 atom stereocenters. The van der Waals surface area contributed by atoms with Crippen molar-refractivity contribution in [2.24, 2.45) is 5.92 Å². The molecule has 2 aromatic rings. The standard InChI is InChI=1S/C25H36N4O3/c1-16(2)13-29-20(6)23(19(5)27-29)11-24(30)26-12-21-7-9-22(10-8-21)25(31)28-14-17(3)32-18(4)15-28/h7-10,16-18H,11-15H2,1-6H3,(H,26,30). The molecule has 0 saturated carbocycles. The highest BCUT2D eigenvalue weighted by Crippen LogP contribution is 2.17. The number of nitrogens with one attached hydrogen (secondary N) is 1. The molecule has 1 saturated heterocycles. The molecule has 0 radical (unpaired) electrons. The first kappa shape index (κ1) is 24.0. The number of morpholine rings is 1. The molecule has 0 aliphatic carbocycles. The number of benzene rings is 1. The molecule has 1 aromatic carbocycles. The van der Waals surface area contributed by atoms with E-state index in [1.807, 2.05) is 61.5 Å². The molecule has 2 heterocycles. The van der Waals surface area contributed by atoms with E-state index < -0.39 is 0 Å². The summed E-state index contributed by atoms with van der Waals surface area (Å²) in [6, 6.07) is 7.47. The van der Waals surface area contributed by atoms with E-state index in [-0.39, 0.29) is 24.0 Å². The van der Waals surface area contributed by atoms with Gasteiger partial charge in [-0.25, -0.2) is 0 Å². The number of nitrogens with zero attached hydrogens (tertiary/aromatic N) is 3. The Balaban J connectivity index is 1.55. The Morgan fingerprint density at radius 3 is 2.34 bits per heavy atom. The van der Waals surface area contributed by atoms with Crippen molar-refractivity contribution < 1.29 is 14.3 Å². The number of rotatable bonds is 7. The summed E-state index contributed by atoms with van der Waals surface area (Å²) in [4.78, 5) is 27.2. The molecule has 32 heavy (non-hydrogen) atoms. The van der Waals surface area contributed by atoms with Gasteiger partial charge in [-0.1, -0.05) is 26.0 Å². The number of carbonyl (C=O) groups excluding carboxylic acids is 2. The highest BCUT2D eigenvalue weighted by Gasteiger charge is 2.26. The lowest BCUT2D eigenvalue weighted by Crippen LogP contribution is -2.48. The third-order valence-corrected chi connectivity index (χ3v) is 5.80. The molecule has 2 amide bonds. The van der Waals surface area contributed by atoms with Crippen molar-refractivity contribution in [2.45, 2.75) is 73.3 Å². The summed E-state index contributed by atoms with van der Waals surface area (Å²) < 4.78 is 7.71. The van der Waals surface area contributed by atoms with Crippen LogP contribution in [0, 0.1) is 19.8 Å². The first-order valence-electron chi connectivity index (χ1n) is 11.5. The van der Waals surface area contributed by atoms with E-state index >= 15 is 0 Å². The van der Waals surface area contributed by atoms with E-state index in [2.05, 4.69) is 24.3 Å². The predicted octanol–water partition coefficient (Wildman–Crippen LogP) is 3.26. The van der Waals surface area contributed by atoms with Gasteiger partial charge in [0.15, 0.2) is 0 Å². The molecule has 1 aliphatic heterocycles. The van der Waals surface area contributed by atoms with Gasteiger partial charge in [0.1, 0.15) is 0 Å². The number of carbonyl (C=O) groups is 2. The SMILES string of the molecule is Cc1nn(CC(C)C)c(C)c1CC(=O)NCc1ccc(C(=O)N2CC(C)OC(C)C2)cc1. The molecule has 7 nitrogen and oxygen atoms in total. The molecule has 2 unspecified atom stereocenters. The zero-order valence-electron chi connectivity index (χ0n) is 20.1. The maximum Gasteiger partial charge on any atom is 0.254 e. The largest absolute Gasteiger partial charge is 0.372 e. The van der Waals surface area contributed by atoms with E-state index in [0.717, 1.165) is 29.1 Å². The Kier molecular flexibility index (Phi) is 7.72. The van der Waals surface area contributed by atoms with Crippen LogP contribution in [-0.4, -0.2) is 51.8 Å². The summed E-state index contributed by atoms with van der Waals surface area (Å²) in [6.45, 7) is 14.8. The lowest BCUT2D eigenvalue weighted by atomic mass is 10.1. The van der Waals surface area contributed by atoms with Crippen molar-refractivity contribution in [3.05, 3.63) is 52.3 Å². The van der Waals surface area contributed by atoms with Crippen molar-refractivity contribution >= 4 is 11.8 Å². The van der Waals surface area contributed by atoms with E-state index in [1.165, 1.54) is 0 Å². The third-order valence-electron chi connectivity index (χ3n) is 5.80. The van der Waals surface area contributed by atoms with Crippen LogP contribution in [0.25, 0.3) is 0 Å². The van der Waals surface area contributed by atoms with Gasteiger partial charge in [0.25, 0.3) is 5.91 Å². The van der Waals surface area contributed by atoms with Crippen LogP contribution in [0.5, 0.6) is 0 Å². The summed E-state index contributed by atoms with van der Waals surface area (Å²) in [5, 5.41) is 7.58. The molecule has 1 aliphatic rings. The van der Waals surface area contributed by atoms with Crippen LogP contribution in [0.1, 0.15) is 60.6 Å². The Morgan fingerprint density at radius 2 is 1.75 bits per heavy atom. The van der Waals surface area contributed by atoms with Gasteiger partial charge in [-0.15, -0.1) is 0 Å². The van der Waals surface area contributed by atoms with Crippen molar-refractivity contribution in [1.29, 1.82) is 0 Å². The Hall–Kier alpha value is -2.67. The number of hydrogen-bond acceptors (Lipinski definition) is 4. The van der Waals surface area contributed by atoms with Gasteiger partial charge in [-0.2, -0.15) is 5.10 Å². The van der Waals surface area contributed by atoms with Crippen LogP contribution >= 0.6 is 0 Å². The quantitative estimate of drug-likeness (QED) is 0.717. The van der Waals surface area contributed by atoms with Crippen LogP contribution in [0.15, 0.2) is 24.3 Å². The van der Waals surface area contributed by atoms with Crippen molar-refractivity contribution in [3.8, 4) is 0 Å². The highest BCUT2D eigenvalue weighted by atomic mass is 16.5. The van der Waals surface area contributed by atoms with E-state index in [1.54, 1.807) is 0 Å². The van der Waals surface area contributed by atoms with Crippen LogP contribution in [0.2, 0.25) is 0 Å². The van der Waals surface area contributed by atoms with E-state index in [0.29, 0.717) is 37.5 Å². The molecule has 174 valence electrons. The zero-order chi connectivity index (χ0) is 23.4. The van der Waals surface area contributed by atoms with Gasteiger partial charge in [-0.3, -0.25) is 14.3 Å². The van der Waals surface area contributed by atoms with Gasteiger partial charge in [0, 0.05) is 43.0 Å². The van der Waals surface area contributed by atoms with Crippen molar-refractivity contribution in [1.82, 2.24) is 20.0 Å². The molecule has 0 bridgehead atoms. The van der Waals surface area contributed by atoms with Gasteiger partial charge in [0.05, 0.1) is 24.3 Å². The van der Waals surface area contributed by atoms with Crippen LogP contribution in [0.4, 0.5) is 0 Å². The molecule has 1 fully saturated rings. The average molecular weight is 441 g/mol. The molecule has 0 spiro atoms. The first-order valence-corrected chi connectivity index (χ1v) is 11.5. The summed E-state index contributed by atoms with van der Waals surface area (Å²) >= 11 is 0. The number of hydrogen-bond donors (Lipinski definition) is 1. The number of aromatic nitrogens is 2. The fourth-order valence-electron chi connectivity index (χ4n) is 4.23. The lowest BCUT2D eigenvalue weighted by Gasteiger charge is -2.35. The Labute approximate surface area is 191 Å². The molecule has 3 rings (SSSR count). The van der Waals surface area contributed by atoms with E-state index in [9.17, 15) is 9.59 Å². The minimum atomic E-state index is -0.0308. The van der Waals surface area contributed by atoms with Gasteiger partial charge >= 0.3 is 0 Å². The van der Waals surface area contributed by atoms with E-state index in [4.69, 9.17) is 4.74 Å². The maximum atomic E-state index is 12.8. The second-order valence-electron chi connectivity index (χ2n) is 9.34. The fourth-order valence-corrected chi connectivity index (χ4v) is 4.23. The monoisotopic (exact) mass is 440 g/mol. The van der Waals surface area contributed by atoms with Crippen LogP contribution in [0.3, 0.4) is 0 Å². The molecule has 1 aromatic heterocycles. The minimum absolute atomic E-state index is 0.0203. The number of ether oxygens (including phenoxy) is 1. The molecule has 7 heteroatoms. The van der Waals surface area contributed by atoms with Crippen LogP contribution in [-0.2, 0) is 29.0 Å². The smallest absolute Gasteiger partial charge is 0.254 e. The first-order chi connectivity index (χ1) is 15.1. The zero-order valence-corrected chi connectivity index (χ0v) is 20.1. The predicted molar refractivity (Wildman–Crippen MR) is 124 cm³/mol. The second-order valence-corrected chi connectivity index (χ2v) is 9.34. The summed E-state index contributed by atoms with van der Waals surface area (Å²) in [7, 11) is 0. The topological polar surface area (TPSA) is 76.5 Å². The van der Waals surface area contributed by atoms with Crippen molar-refractivity contribution in [3.63, 3.8) is 0 Å². The fraction of sp³-hybridized carbons (Fsp3) is 0.560.